The van der Waals surface area contributed by atoms with E-state index in [2.05, 4.69) is 5.10 Å². The topological polar surface area (TPSA) is 53.1 Å². The molecule has 1 saturated heterocycles. The van der Waals surface area contributed by atoms with E-state index in [0.29, 0.717) is 17.5 Å². The van der Waals surface area contributed by atoms with Crippen molar-refractivity contribution in [2.24, 2.45) is 11.7 Å². The summed E-state index contributed by atoms with van der Waals surface area (Å²) >= 11 is 5.92. The number of aromatic nitrogens is 2. The highest BCUT2D eigenvalue weighted by Gasteiger charge is 2.23. The number of hydrogen-bond acceptors (Lipinski definition) is 3. The zero-order valence-corrected chi connectivity index (χ0v) is 9.57. The number of nitrogens with zero attached hydrogens (tertiary/aromatic N) is 2. The van der Waals surface area contributed by atoms with Gasteiger partial charge in [0, 0.05) is 18.6 Å². The van der Waals surface area contributed by atoms with E-state index in [9.17, 15) is 0 Å². The van der Waals surface area contributed by atoms with Gasteiger partial charge in [-0.05, 0) is 13.3 Å². The Kier molecular flexibility index (Phi) is 3.29. The Bertz CT molecular complexity index is 333. The van der Waals surface area contributed by atoms with Crippen LogP contribution in [0.3, 0.4) is 0 Å². The summed E-state index contributed by atoms with van der Waals surface area (Å²) in [4.78, 5) is 0. The van der Waals surface area contributed by atoms with Crippen molar-refractivity contribution in [2.75, 3.05) is 13.2 Å². The van der Waals surface area contributed by atoms with E-state index in [-0.39, 0.29) is 6.04 Å². The lowest BCUT2D eigenvalue weighted by Gasteiger charge is -2.18. The van der Waals surface area contributed by atoms with Crippen LogP contribution in [0.5, 0.6) is 0 Å². The van der Waals surface area contributed by atoms with Crippen LogP contribution in [0.15, 0.2) is 6.20 Å². The van der Waals surface area contributed by atoms with E-state index in [4.69, 9.17) is 22.1 Å². The van der Waals surface area contributed by atoms with Crippen LogP contribution in [0.25, 0.3) is 0 Å². The van der Waals surface area contributed by atoms with Crippen molar-refractivity contribution in [1.82, 2.24) is 9.78 Å². The maximum atomic E-state index is 6.11. The predicted octanol–water partition coefficient (Wildman–Crippen LogP) is 1.21. The molecule has 84 valence electrons. The first kappa shape index (κ1) is 10.9. The van der Waals surface area contributed by atoms with E-state index in [1.165, 1.54) is 0 Å². The number of nitrogens with two attached hydrogens (primary N) is 1. The fraction of sp³-hybridized carbons (Fsp3) is 0.700. The van der Waals surface area contributed by atoms with Crippen molar-refractivity contribution in [3.05, 3.63) is 16.9 Å². The second kappa shape index (κ2) is 4.51. The molecule has 0 spiro atoms. The van der Waals surface area contributed by atoms with Crippen LogP contribution in [-0.2, 0) is 11.3 Å². The molecule has 1 aromatic heterocycles. The molecule has 1 aliphatic rings. The van der Waals surface area contributed by atoms with Gasteiger partial charge < -0.3 is 10.5 Å². The molecular formula is C10H16ClN3O. The highest BCUT2D eigenvalue weighted by atomic mass is 35.5. The first-order chi connectivity index (χ1) is 7.18. The average Bonchev–Trinajstić information content (AvgIpc) is 2.83. The zero-order valence-electron chi connectivity index (χ0n) is 8.82. The van der Waals surface area contributed by atoms with Crippen LogP contribution >= 0.6 is 11.6 Å². The summed E-state index contributed by atoms with van der Waals surface area (Å²) in [5, 5.41) is 4.89. The van der Waals surface area contributed by atoms with Crippen LogP contribution in [0.1, 0.15) is 12.1 Å². The minimum Gasteiger partial charge on any atom is -0.381 e. The fourth-order valence-corrected chi connectivity index (χ4v) is 1.99. The number of halogens is 1. The number of hydrogen-bond donors (Lipinski definition) is 1. The third-order valence-corrected chi connectivity index (χ3v) is 3.37. The second-order valence-corrected chi connectivity index (χ2v) is 4.45. The first-order valence-electron chi connectivity index (χ1n) is 5.19. The van der Waals surface area contributed by atoms with Gasteiger partial charge in [-0.25, -0.2) is 0 Å². The Balaban J connectivity index is 1.98. The van der Waals surface area contributed by atoms with Gasteiger partial charge in [0.15, 0.2) is 0 Å². The van der Waals surface area contributed by atoms with Crippen LogP contribution in [-0.4, -0.2) is 29.0 Å². The molecule has 15 heavy (non-hydrogen) atoms. The zero-order chi connectivity index (χ0) is 10.8. The fourth-order valence-electron chi connectivity index (χ4n) is 1.85. The molecule has 0 radical (unpaired) electrons. The quantitative estimate of drug-likeness (QED) is 0.848. The molecular weight excluding hydrogens is 214 g/mol. The average molecular weight is 230 g/mol. The molecule has 2 rings (SSSR count). The summed E-state index contributed by atoms with van der Waals surface area (Å²) in [6, 6.07) is 0.0992. The summed E-state index contributed by atoms with van der Waals surface area (Å²) in [5.41, 5.74) is 7.08. The Labute approximate surface area is 94.3 Å². The van der Waals surface area contributed by atoms with Crippen molar-refractivity contribution in [2.45, 2.75) is 25.9 Å². The smallest absolute Gasteiger partial charge is 0.0814 e. The van der Waals surface area contributed by atoms with Gasteiger partial charge in [-0.3, -0.25) is 4.68 Å². The summed E-state index contributed by atoms with van der Waals surface area (Å²) in [5.74, 6) is 0.451. The van der Waals surface area contributed by atoms with Crippen molar-refractivity contribution in [3.8, 4) is 0 Å². The van der Waals surface area contributed by atoms with Gasteiger partial charge in [-0.15, -0.1) is 0 Å². The molecule has 4 nitrogen and oxygen atoms in total. The Morgan fingerprint density at radius 3 is 3.13 bits per heavy atom. The molecule has 0 saturated carbocycles. The molecule has 1 aliphatic heterocycles. The largest absolute Gasteiger partial charge is 0.381 e. The standard InChI is InChI=1S/C10H16ClN3O/c1-7-9(11)4-13-14(7)5-10(12)8-2-3-15-6-8/h4,8,10H,2-3,5-6,12H2,1H3. The van der Waals surface area contributed by atoms with Gasteiger partial charge in [0.25, 0.3) is 0 Å². The van der Waals surface area contributed by atoms with E-state index in [1.807, 2.05) is 11.6 Å². The van der Waals surface area contributed by atoms with Crippen LogP contribution < -0.4 is 5.73 Å². The van der Waals surface area contributed by atoms with E-state index < -0.39 is 0 Å². The van der Waals surface area contributed by atoms with Gasteiger partial charge in [0.2, 0.25) is 0 Å². The monoisotopic (exact) mass is 229 g/mol. The van der Waals surface area contributed by atoms with Crippen molar-refractivity contribution in [3.63, 3.8) is 0 Å². The molecule has 2 unspecified atom stereocenters. The lowest BCUT2D eigenvalue weighted by molar-refractivity contribution is 0.178. The second-order valence-electron chi connectivity index (χ2n) is 4.05. The highest BCUT2D eigenvalue weighted by molar-refractivity contribution is 6.31. The summed E-state index contributed by atoms with van der Waals surface area (Å²) in [7, 11) is 0. The molecule has 2 heterocycles. The SMILES string of the molecule is Cc1c(Cl)cnn1CC(N)C1CCOC1. The van der Waals surface area contributed by atoms with E-state index in [1.54, 1.807) is 6.20 Å². The first-order valence-corrected chi connectivity index (χ1v) is 5.57. The van der Waals surface area contributed by atoms with Gasteiger partial charge in [-0.2, -0.15) is 5.10 Å². The Morgan fingerprint density at radius 2 is 2.60 bits per heavy atom. The molecule has 1 aromatic rings. The van der Waals surface area contributed by atoms with Gasteiger partial charge in [0.1, 0.15) is 0 Å². The minimum absolute atomic E-state index is 0.0992. The maximum absolute atomic E-state index is 6.11. The molecule has 0 aromatic carbocycles. The van der Waals surface area contributed by atoms with E-state index in [0.717, 1.165) is 25.3 Å². The highest BCUT2D eigenvalue weighted by Crippen LogP contribution is 2.18. The van der Waals surface area contributed by atoms with Crippen LogP contribution in [0, 0.1) is 12.8 Å². The third kappa shape index (κ3) is 2.33. The van der Waals surface area contributed by atoms with Crippen molar-refractivity contribution in [1.29, 1.82) is 0 Å². The van der Waals surface area contributed by atoms with Crippen LogP contribution in [0.4, 0.5) is 0 Å². The summed E-state index contributed by atoms with van der Waals surface area (Å²) in [6.07, 6.45) is 2.71. The lowest BCUT2D eigenvalue weighted by atomic mass is 10.00. The van der Waals surface area contributed by atoms with Gasteiger partial charge in [-0.1, -0.05) is 11.6 Å². The molecule has 0 aliphatic carbocycles. The molecule has 1 fully saturated rings. The molecule has 5 heteroatoms. The van der Waals surface area contributed by atoms with Crippen molar-refractivity contribution < 1.29 is 4.74 Å². The molecule has 2 N–H and O–H groups in total. The maximum Gasteiger partial charge on any atom is 0.0814 e. The van der Waals surface area contributed by atoms with Crippen LogP contribution in [0.2, 0.25) is 5.02 Å². The minimum atomic E-state index is 0.0992. The summed E-state index contributed by atoms with van der Waals surface area (Å²) < 4.78 is 7.18. The van der Waals surface area contributed by atoms with Crippen molar-refractivity contribution >= 4 is 11.6 Å². The lowest BCUT2D eigenvalue weighted by Crippen LogP contribution is -2.35. The van der Waals surface area contributed by atoms with Gasteiger partial charge >= 0.3 is 0 Å². The predicted molar refractivity (Wildman–Crippen MR) is 58.9 cm³/mol. The Morgan fingerprint density at radius 1 is 1.80 bits per heavy atom. The Hall–Kier alpha value is -0.580. The molecule has 0 bridgehead atoms. The molecule has 0 amide bonds. The normalized spacial score (nSPS) is 23.3. The third-order valence-electron chi connectivity index (χ3n) is 3.00. The van der Waals surface area contributed by atoms with Gasteiger partial charge in [0.05, 0.1) is 30.1 Å². The van der Waals surface area contributed by atoms with E-state index >= 15 is 0 Å². The molecule has 2 atom stereocenters. The number of rotatable bonds is 3. The summed E-state index contributed by atoms with van der Waals surface area (Å²) in [6.45, 7) is 4.27. The number of ether oxygens (including phenoxy) is 1.